The summed E-state index contributed by atoms with van der Waals surface area (Å²) in [4.78, 5) is 66.3. The number of ether oxygens (including phenoxy) is 9. The van der Waals surface area contributed by atoms with Crippen molar-refractivity contribution in [3.05, 3.63) is 64.2 Å². The van der Waals surface area contributed by atoms with Gasteiger partial charge in [-0.15, -0.1) is 0 Å². The van der Waals surface area contributed by atoms with Crippen molar-refractivity contribution in [1.29, 1.82) is 0 Å². The number of carbonyl (C=O) groups excluding carboxylic acids is 5. The maximum atomic E-state index is 12.7. The van der Waals surface area contributed by atoms with Gasteiger partial charge in [0.1, 0.15) is 11.8 Å². The van der Waals surface area contributed by atoms with E-state index in [1.54, 1.807) is 38.4 Å². The molecule has 0 saturated heterocycles. The molecule has 22 nitrogen and oxygen atoms in total. The largest absolute Gasteiger partial charge is 0.520 e. The van der Waals surface area contributed by atoms with Crippen LogP contribution in [-0.4, -0.2) is 168 Å². The number of likely N-dealkylation sites (N-methyl/N-ethyl adjacent to an activating group) is 1. The van der Waals surface area contributed by atoms with Gasteiger partial charge in [-0.05, 0) is 43.8 Å². The number of nitrogens with one attached hydrogen (secondary N) is 5. The number of carbonyl (C=O) groups is 4. The first-order valence-electron chi connectivity index (χ1n) is 20.3. The van der Waals surface area contributed by atoms with E-state index >= 15 is 0 Å². The van der Waals surface area contributed by atoms with Crippen LogP contribution in [0.3, 0.4) is 0 Å². The molecule has 2 unspecified atom stereocenters. The van der Waals surface area contributed by atoms with Crippen LogP contribution in [0.1, 0.15) is 32.4 Å². The van der Waals surface area contributed by atoms with E-state index in [2.05, 4.69) is 31.3 Å². The van der Waals surface area contributed by atoms with E-state index in [0.29, 0.717) is 117 Å². The molecule has 0 aliphatic rings. The summed E-state index contributed by atoms with van der Waals surface area (Å²) in [7, 11) is 3.30. The van der Waals surface area contributed by atoms with Crippen LogP contribution in [0.25, 0.3) is 0 Å². The number of nitro benzene ring substituents is 1. The van der Waals surface area contributed by atoms with Crippen LogP contribution in [-0.2, 0) is 61.9 Å². The molecule has 2 atom stereocenters. The van der Waals surface area contributed by atoms with E-state index in [9.17, 15) is 34.1 Å². The molecule has 0 saturated carbocycles. The van der Waals surface area contributed by atoms with Gasteiger partial charge in [-0.2, -0.15) is 6.41 Å². The summed E-state index contributed by atoms with van der Waals surface area (Å²) in [6.45, 7) is 12.9. The van der Waals surface area contributed by atoms with E-state index < -0.39 is 28.8 Å². The van der Waals surface area contributed by atoms with Gasteiger partial charge in [0.05, 0.1) is 117 Å². The van der Waals surface area contributed by atoms with Crippen molar-refractivity contribution in [2.24, 2.45) is 0 Å². The molecule has 0 fully saturated rings. The van der Waals surface area contributed by atoms with Crippen molar-refractivity contribution in [2.45, 2.75) is 32.9 Å². The van der Waals surface area contributed by atoms with Crippen LogP contribution in [0.5, 0.6) is 5.75 Å². The Morgan fingerprint density at radius 1 is 0.703 bits per heavy atom. The third kappa shape index (κ3) is 31.6. The first-order valence-corrected chi connectivity index (χ1v) is 20.3. The molecule has 0 heterocycles. The average Bonchev–Trinajstić information content (AvgIpc) is 3.29. The zero-order chi connectivity index (χ0) is 46.8. The Kier molecular flexibility index (Phi) is 39.5. The maximum Gasteiger partial charge on any atom is 0.298 e. The molecule has 4 amide bonds. The second kappa shape index (κ2) is 42.1. The SMILES string of the molecule is CC.CNC(C(=O)NCCOCCOCCOCCOCCOCCOCCOCCOC)c1ccc(NC(=O)CNC(=O)C(C)N[C-]=O)cc1.O=COc1ccc([N+](=O)[O-])cc1.[Fm]. The summed E-state index contributed by atoms with van der Waals surface area (Å²) in [5.41, 5.74) is 1.16. The van der Waals surface area contributed by atoms with Crippen LogP contribution >= 0.6 is 0 Å². The number of rotatable bonds is 36. The monoisotopic (exact) mass is 1150 g/mol. The van der Waals surface area contributed by atoms with Crippen molar-refractivity contribution >= 4 is 42.0 Å². The number of nitrogens with zero attached hydrogens (tertiary/aromatic N) is 1. The first kappa shape index (κ1) is 59.9. The van der Waals surface area contributed by atoms with Gasteiger partial charge in [-0.3, -0.25) is 29.3 Å². The predicted octanol–water partition coefficient (Wildman–Crippen LogP) is 1.08. The second-order valence-corrected chi connectivity index (χ2v) is 12.1. The van der Waals surface area contributed by atoms with E-state index in [1.165, 1.54) is 37.6 Å². The van der Waals surface area contributed by atoms with Crippen molar-refractivity contribution < 1.29 is 71.5 Å². The zero-order valence-corrected chi connectivity index (χ0v) is 39.5. The van der Waals surface area contributed by atoms with Gasteiger partial charge in [-0.1, -0.05) is 26.0 Å². The Morgan fingerprint density at radius 3 is 1.56 bits per heavy atom. The quantitative estimate of drug-likeness (QED) is 0.0160. The zero-order valence-electron chi connectivity index (χ0n) is 37.1. The summed E-state index contributed by atoms with van der Waals surface area (Å²) in [6.07, 6.45) is 1.43. The maximum absolute atomic E-state index is 12.7. The fourth-order valence-electron chi connectivity index (χ4n) is 4.50. The summed E-state index contributed by atoms with van der Waals surface area (Å²) >= 11 is 0. The molecule has 2 aromatic carbocycles. The fourth-order valence-corrected chi connectivity index (χ4v) is 4.50. The number of amides is 4. The topological polar surface area (TPSA) is 272 Å². The third-order valence-corrected chi connectivity index (χ3v) is 7.61. The molecule has 2 rings (SSSR count). The molecule has 368 valence electrons. The normalized spacial score (nSPS) is 11.1. The summed E-state index contributed by atoms with van der Waals surface area (Å²) in [5.74, 6) is -0.898. The van der Waals surface area contributed by atoms with E-state index in [1.807, 2.05) is 13.8 Å². The molecule has 23 heteroatoms. The second-order valence-electron chi connectivity index (χ2n) is 12.1. The standard InChI is InChI=1S/C32H54N5O12.C7H5NO4.C2H6.Fm/c1-26(36-25-38)31(40)35-24-29(39)37-28-6-4-27(5-7-28)30(33-2)32(41)34-8-9-43-12-13-45-16-17-47-20-21-49-23-22-48-19-18-46-15-14-44-11-10-42-3;9-5-12-7-3-1-6(2-4-7)8(10)11;1-2;/h4-7,26,30,33H,8-24H2,1-3H3,(H,34,41)(H,35,40)(H,36,38)(H,37,39);1-5H;1-2H3;/q-1;;;. The molecule has 2 aromatic rings. The number of hydrogen-bond acceptors (Lipinski definition) is 17. The first-order chi connectivity index (χ1) is 30.7. The number of methoxy groups -OCH3 is 1. The summed E-state index contributed by atoms with van der Waals surface area (Å²) in [5, 5.41) is 23.2. The van der Waals surface area contributed by atoms with Gasteiger partial charge in [0.25, 0.3) is 12.2 Å². The van der Waals surface area contributed by atoms with Crippen molar-refractivity contribution in [2.75, 3.05) is 132 Å². The molecule has 0 aliphatic carbocycles. The number of non-ortho nitro benzene ring substituents is 1. The van der Waals surface area contributed by atoms with Crippen molar-refractivity contribution in [1.82, 2.24) is 21.3 Å². The number of anilines is 1. The van der Waals surface area contributed by atoms with Crippen LogP contribution in [0.15, 0.2) is 48.5 Å². The molecule has 0 radical (unpaired) electrons. The summed E-state index contributed by atoms with van der Waals surface area (Å²) < 4.78 is 47.4. The van der Waals surface area contributed by atoms with Crippen LogP contribution < -0.4 is 31.3 Å². The average molecular weight is 1150 g/mol. The van der Waals surface area contributed by atoms with Gasteiger partial charge < -0.3 is 74.0 Å². The van der Waals surface area contributed by atoms with Crippen LogP contribution in [0, 0.1) is 10.1 Å². The van der Waals surface area contributed by atoms with Crippen molar-refractivity contribution in [3.63, 3.8) is 0 Å². The minimum atomic E-state index is -0.804. The Morgan fingerprint density at radius 2 is 1.16 bits per heavy atom. The van der Waals surface area contributed by atoms with E-state index in [4.69, 9.17) is 37.9 Å². The van der Waals surface area contributed by atoms with Crippen molar-refractivity contribution in [3.8, 4) is 5.75 Å². The predicted molar refractivity (Wildman–Crippen MR) is 230 cm³/mol. The molecule has 0 bridgehead atoms. The minimum absolute atomic E-state index is 0. The number of nitro groups is 1. The molecule has 64 heavy (non-hydrogen) atoms. The smallest absolute Gasteiger partial charge is 0.298 e. The van der Waals surface area contributed by atoms with Crippen LogP contribution in [0.2, 0.25) is 0 Å². The Bertz CT molecular complexity index is 1500. The molecular weight excluding hydrogens is 1090 g/mol. The molecule has 0 aliphatic heterocycles. The Balaban J connectivity index is 0. The third-order valence-electron chi connectivity index (χ3n) is 7.61. The fraction of sp³-hybridized carbons (Fsp3) is 0.585. The van der Waals surface area contributed by atoms with E-state index in [-0.39, 0.29) is 30.4 Å². The molecule has 0 spiro atoms. The summed E-state index contributed by atoms with van der Waals surface area (Å²) in [6, 6.07) is 10.6. The molecular formula is C41H65FmN6O16-. The Labute approximate surface area is 368 Å². The van der Waals surface area contributed by atoms with Gasteiger partial charge in [0.15, 0.2) is 0 Å². The minimum Gasteiger partial charge on any atom is -0.520 e. The molecule has 5 N–H and O–H groups in total. The van der Waals surface area contributed by atoms with Gasteiger partial charge in [-0.25, -0.2) is 0 Å². The van der Waals surface area contributed by atoms with Crippen LogP contribution in [0.4, 0.5) is 11.4 Å². The van der Waals surface area contributed by atoms with Gasteiger partial charge >= 0.3 is 0 Å². The molecule has 0 aromatic heterocycles. The van der Waals surface area contributed by atoms with Gasteiger partial charge in [0.2, 0.25) is 17.7 Å². The van der Waals surface area contributed by atoms with E-state index in [0.717, 1.165) is 0 Å². The van der Waals surface area contributed by atoms with Gasteiger partial charge in [0, 0.05) is 31.5 Å². The number of benzene rings is 2. The Hall–Kier alpha value is -6.17. The number of hydrogen-bond donors (Lipinski definition) is 5.